The highest BCUT2D eigenvalue weighted by Crippen LogP contribution is 2.07. The van der Waals surface area contributed by atoms with E-state index < -0.39 is 5.97 Å². The molecule has 0 saturated heterocycles. The summed E-state index contributed by atoms with van der Waals surface area (Å²) < 4.78 is 9.70. The Bertz CT molecular complexity index is 519. The van der Waals surface area contributed by atoms with Crippen molar-refractivity contribution in [2.24, 2.45) is 0 Å². The fourth-order valence-corrected chi connectivity index (χ4v) is 1.18. The Kier molecular flexibility index (Phi) is 3.03. The van der Waals surface area contributed by atoms with Crippen molar-refractivity contribution in [2.75, 3.05) is 11.9 Å². The van der Waals surface area contributed by atoms with Crippen molar-refractivity contribution in [2.45, 2.75) is 13.3 Å². The van der Waals surface area contributed by atoms with Gasteiger partial charge in [-0.15, -0.1) is 0 Å². The number of aromatic nitrogens is 3. The monoisotopic (exact) mass is 238 g/mol. The predicted molar refractivity (Wildman–Crippen MR) is 54.7 cm³/mol. The predicted octanol–water partition coefficient (Wildman–Crippen LogP) is 0.719. The summed E-state index contributed by atoms with van der Waals surface area (Å²) in [5.74, 6) is -0.0557. The third-order valence-corrected chi connectivity index (χ3v) is 1.92. The molecular formula is C9H10N4O4. The van der Waals surface area contributed by atoms with Crippen LogP contribution in [0.15, 0.2) is 15.2 Å². The number of carbonyl (C=O) groups is 1. The van der Waals surface area contributed by atoms with Gasteiger partial charge in [0.1, 0.15) is 6.26 Å². The summed E-state index contributed by atoms with van der Waals surface area (Å²) >= 11 is 0. The molecule has 8 heteroatoms. The molecule has 8 nitrogen and oxygen atoms in total. The Morgan fingerprint density at radius 1 is 1.53 bits per heavy atom. The maximum absolute atomic E-state index is 10.5. The standard InChI is InChI=1S/C9H10N4O4/c1-5-11-7(13-17-5)2-3-10-9-12-6(4-16-9)8(14)15/h4H,2-3H2,1H3,(H,10,12)(H,14,15). The fourth-order valence-electron chi connectivity index (χ4n) is 1.18. The molecule has 0 amide bonds. The Morgan fingerprint density at radius 2 is 2.35 bits per heavy atom. The molecule has 2 heterocycles. The lowest BCUT2D eigenvalue weighted by atomic mass is 10.4. The van der Waals surface area contributed by atoms with Crippen LogP contribution < -0.4 is 5.32 Å². The van der Waals surface area contributed by atoms with Crippen LogP contribution in [0.3, 0.4) is 0 Å². The van der Waals surface area contributed by atoms with Gasteiger partial charge in [0.2, 0.25) is 5.89 Å². The molecule has 2 rings (SSSR count). The highest BCUT2D eigenvalue weighted by Gasteiger charge is 2.10. The van der Waals surface area contributed by atoms with Crippen molar-refractivity contribution in [3.63, 3.8) is 0 Å². The van der Waals surface area contributed by atoms with Crippen molar-refractivity contribution in [3.8, 4) is 0 Å². The second kappa shape index (κ2) is 4.64. The molecule has 0 aromatic carbocycles. The van der Waals surface area contributed by atoms with Crippen LogP contribution in [0.2, 0.25) is 0 Å². The summed E-state index contributed by atoms with van der Waals surface area (Å²) in [6.45, 7) is 2.18. The number of oxazole rings is 1. The van der Waals surface area contributed by atoms with Gasteiger partial charge in [-0.3, -0.25) is 0 Å². The van der Waals surface area contributed by atoms with Crippen LogP contribution in [0.25, 0.3) is 0 Å². The van der Waals surface area contributed by atoms with Gasteiger partial charge in [0, 0.05) is 19.9 Å². The van der Waals surface area contributed by atoms with Gasteiger partial charge in [-0.05, 0) is 0 Å². The third-order valence-electron chi connectivity index (χ3n) is 1.92. The highest BCUT2D eigenvalue weighted by atomic mass is 16.5. The topological polar surface area (TPSA) is 114 Å². The van der Waals surface area contributed by atoms with Crippen LogP contribution in [-0.2, 0) is 6.42 Å². The van der Waals surface area contributed by atoms with Crippen LogP contribution in [0.1, 0.15) is 22.2 Å². The number of nitrogens with zero attached hydrogens (tertiary/aromatic N) is 3. The second-order valence-corrected chi connectivity index (χ2v) is 3.25. The van der Waals surface area contributed by atoms with Crippen LogP contribution in [0, 0.1) is 6.92 Å². The van der Waals surface area contributed by atoms with Crippen molar-refractivity contribution < 1.29 is 18.8 Å². The molecule has 0 saturated carbocycles. The number of carboxylic acid groups (broad SMARTS) is 1. The largest absolute Gasteiger partial charge is 0.476 e. The molecule has 2 aromatic heterocycles. The summed E-state index contributed by atoms with van der Waals surface area (Å²) in [5.41, 5.74) is -0.136. The second-order valence-electron chi connectivity index (χ2n) is 3.25. The van der Waals surface area contributed by atoms with Gasteiger partial charge in [0.25, 0.3) is 6.01 Å². The smallest absolute Gasteiger partial charge is 0.357 e. The third kappa shape index (κ3) is 2.80. The van der Waals surface area contributed by atoms with E-state index in [0.717, 1.165) is 6.26 Å². The number of hydrogen-bond acceptors (Lipinski definition) is 7. The first kappa shape index (κ1) is 11.1. The molecule has 0 aliphatic heterocycles. The van der Waals surface area contributed by atoms with E-state index in [1.807, 2.05) is 0 Å². The van der Waals surface area contributed by atoms with Gasteiger partial charge < -0.3 is 19.4 Å². The Balaban J connectivity index is 1.83. The van der Waals surface area contributed by atoms with Crippen molar-refractivity contribution in [1.82, 2.24) is 15.1 Å². The van der Waals surface area contributed by atoms with Gasteiger partial charge in [-0.1, -0.05) is 5.16 Å². The first-order valence-electron chi connectivity index (χ1n) is 4.87. The van der Waals surface area contributed by atoms with E-state index in [-0.39, 0.29) is 11.7 Å². The van der Waals surface area contributed by atoms with Gasteiger partial charge in [-0.2, -0.15) is 9.97 Å². The summed E-state index contributed by atoms with van der Waals surface area (Å²) in [4.78, 5) is 18.2. The molecule has 2 N–H and O–H groups in total. The van der Waals surface area contributed by atoms with Crippen LogP contribution in [0.5, 0.6) is 0 Å². The van der Waals surface area contributed by atoms with Crippen molar-refractivity contribution >= 4 is 12.0 Å². The number of aryl methyl sites for hydroxylation is 1. The fraction of sp³-hybridized carbons (Fsp3) is 0.333. The molecular weight excluding hydrogens is 228 g/mol. The van der Waals surface area contributed by atoms with E-state index in [4.69, 9.17) is 14.0 Å². The Morgan fingerprint density at radius 3 is 2.94 bits per heavy atom. The lowest BCUT2D eigenvalue weighted by Gasteiger charge is -1.96. The first-order valence-corrected chi connectivity index (χ1v) is 4.87. The number of carboxylic acids is 1. The molecule has 0 spiro atoms. The molecule has 17 heavy (non-hydrogen) atoms. The minimum absolute atomic E-state index is 0.136. The molecule has 0 aliphatic carbocycles. The minimum atomic E-state index is -1.13. The average molecular weight is 238 g/mol. The lowest BCUT2D eigenvalue weighted by molar-refractivity contribution is 0.0690. The van der Waals surface area contributed by atoms with Gasteiger partial charge in [-0.25, -0.2) is 4.79 Å². The molecule has 0 radical (unpaired) electrons. The lowest BCUT2D eigenvalue weighted by Crippen LogP contribution is -2.06. The highest BCUT2D eigenvalue weighted by molar-refractivity contribution is 5.85. The zero-order valence-corrected chi connectivity index (χ0v) is 9.01. The van der Waals surface area contributed by atoms with Crippen LogP contribution >= 0.6 is 0 Å². The molecule has 0 unspecified atom stereocenters. The molecule has 0 atom stereocenters. The zero-order valence-electron chi connectivity index (χ0n) is 9.01. The maximum Gasteiger partial charge on any atom is 0.357 e. The summed E-state index contributed by atoms with van der Waals surface area (Å²) in [7, 11) is 0. The molecule has 90 valence electrons. The van der Waals surface area contributed by atoms with Gasteiger partial charge in [0.05, 0.1) is 0 Å². The van der Waals surface area contributed by atoms with E-state index in [9.17, 15) is 4.79 Å². The van der Waals surface area contributed by atoms with E-state index in [2.05, 4.69) is 20.4 Å². The van der Waals surface area contributed by atoms with Gasteiger partial charge in [0.15, 0.2) is 11.5 Å². The van der Waals surface area contributed by atoms with Crippen LogP contribution in [0.4, 0.5) is 6.01 Å². The normalized spacial score (nSPS) is 10.4. The zero-order chi connectivity index (χ0) is 12.3. The number of rotatable bonds is 5. The number of aromatic carboxylic acids is 1. The number of nitrogens with one attached hydrogen (secondary N) is 1. The van der Waals surface area contributed by atoms with E-state index in [0.29, 0.717) is 24.7 Å². The van der Waals surface area contributed by atoms with E-state index in [1.165, 1.54) is 0 Å². The van der Waals surface area contributed by atoms with Crippen molar-refractivity contribution in [1.29, 1.82) is 0 Å². The number of hydrogen-bond donors (Lipinski definition) is 2. The van der Waals surface area contributed by atoms with E-state index >= 15 is 0 Å². The van der Waals surface area contributed by atoms with E-state index in [1.54, 1.807) is 6.92 Å². The Hall–Kier alpha value is -2.38. The Labute approximate surface area is 95.7 Å². The summed E-state index contributed by atoms with van der Waals surface area (Å²) in [5, 5.41) is 15.1. The quantitative estimate of drug-likeness (QED) is 0.782. The average Bonchev–Trinajstić information content (AvgIpc) is 2.88. The number of anilines is 1. The first-order chi connectivity index (χ1) is 8.15. The summed E-state index contributed by atoms with van der Waals surface area (Å²) in [6, 6.07) is 0.155. The van der Waals surface area contributed by atoms with Crippen molar-refractivity contribution in [3.05, 3.63) is 23.7 Å². The molecule has 0 aliphatic rings. The van der Waals surface area contributed by atoms with Crippen LogP contribution in [-0.4, -0.2) is 32.7 Å². The molecule has 2 aromatic rings. The molecule has 0 bridgehead atoms. The maximum atomic E-state index is 10.5. The van der Waals surface area contributed by atoms with Gasteiger partial charge >= 0.3 is 5.97 Å². The molecule has 0 fully saturated rings. The summed E-state index contributed by atoms with van der Waals surface area (Å²) in [6.07, 6.45) is 1.60. The minimum Gasteiger partial charge on any atom is -0.476 e. The SMILES string of the molecule is Cc1nc(CCNc2nc(C(=O)O)co2)no1.